The first-order valence-electron chi connectivity index (χ1n) is 5.94. The van der Waals surface area contributed by atoms with E-state index in [0.717, 1.165) is 5.56 Å². The van der Waals surface area contributed by atoms with Crippen LogP contribution >= 0.6 is 23.8 Å². The van der Waals surface area contributed by atoms with Crippen LogP contribution in [0.2, 0.25) is 5.02 Å². The Hall–Kier alpha value is -2.25. The lowest BCUT2D eigenvalue weighted by Crippen LogP contribution is -2.28. The first-order chi connectivity index (χ1) is 10.0. The molecule has 0 aliphatic carbocycles. The van der Waals surface area contributed by atoms with Gasteiger partial charge >= 0.3 is 0 Å². The van der Waals surface area contributed by atoms with Gasteiger partial charge in [0.2, 0.25) is 0 Å². The van der Waals surface area contributed by atoms with Crippen molar-refractivity contribution in [2.45, 2.75) is 6.54 Å². The van der Waals surface area contributed by atoms with Crippen LogP contribution in [-0.2, 0) is 6.54 Å². The third kappa shape index (κ3) is 4.66. The minimum atomic E-state index is -0.506. The van der Waals surface area contributed by atoms with Crippen molar-refractivity contribution in [1.29, 1.82) is 0 Å². The number of aromatic nitrogens is 1. The van der Waals surface area contributed by atoms with Gasteiger partial charge in [-0.1, -0.05) is 23.7 Å². The zero-order chi connectivity index (χ0) is 15.2. The fraction of sp³-hybridized carbons (Fsp3) is 0.0769. The quantitative estimate of drug-likeness (QED) is 0.511. The van der Waals surface area contributed by atoms with Gasteiger partial charge in [0.05, 0.1) is 4.92 Å². The van der Waals surface area contributed by atoms with Crippen molar-refractivity contribution in [3.63, 3.8) is 0 Å². The molecule has 2 rings (SSSR count). The van der Waals surface area contributed by atoms with E-state index >= 15 is 0 Å². The Balaban J connectivity index is 1.86. The third-order valence-electron chi connectivity index (χ3n) is 2.57. The number of thiocarbonyl (C=S) groups is 1. The molecule has 1 aromatic carbocycles. The van der Waals surface area contributed by atoms with E-state index in [-0.39, 0.29) is 5.69 Å². The molecule has 0 saturated heterocycles. The molecule has 1 heterocycles. The van der Waals surface area contributed by atoms with Gasteiger partial charge in [-0.3, -0.25) is 10.1 Å². The fourth-order valence-corrected chi connectivity index (χ4v) is 1.82. The van der Waals surface area contributed by atoms with Gasteiger partial charge in [-0.2, -0.15) is 0 Å². The Bertz CT molecular complexity index is 646. The van der Waals surface area contributed by atoms with Gasteiger partial charge in [0.1, 0.15) is 12.0 Å². The summed E-state index contributed by atoms with van der Waals surface area (Å²) in [4.78, 5) is 13.9. The molecule has 2 N–H and O–H groups in total. The van der Waals surface area contributed by atoms with Crippen molar-refractivity contribution in [3.05, 3.63) is 63.3 Å². The molecular formula is C13H11ClN4O2S. The van der Waals surface area contributed by atoms with Crippen LogP contribution in [0.1, 0.15) is 5.56 Å². The molecule has 0 fully saturated rings. The number of pyridine rings is 1. The Morgan fingerprint density at radius 2 is 2.00 bits per heavy atom. The van der Waals surface area contributed by atoms with E-state index in [0.29, 0.717) is 22.5 Å². The molecule has 1 aromatic heterocycles. The number of anilines is 1. The van der Waals surface area contributed by atoms with Crippen LogP contribution in [0, 0.1) is 10.1 Å². The van der Waals surface area contributed by atoms with E-state index in [2.05, 4.69) is 15.6 Å². The maximum atomic E-state index is 10.5. The highest BCUT2D eigenvalue weighted by Gasteiger charge is 2.06. The van der Waals surface area contributed by atoms with Crippen molar-refractivity contribution in [2.24, 2.45) is 0 Å². The van der Waals surface area contributed by atoms with Crippen LogP contribution in [0.3, 0.4) is 0 Å². The second kappa shape index (κ2) is 6.96. The number of rotatable bonds is 4. The molecule has 8 heteroatoms. The maximum absolute atomic E-state index is 10.5. The number of nitrogens with zero attached hydrogens (tertiary/aromatic N) is 2. The summed E-state index contributed by atoms with van der Waals surface area (Å²) in [6.07, 6.45) is 1.17. The van der Waals surface area contributed by atoms with Gasteiger partial charge in [0.25, 0.3) is 5.69 Å². The van der Waals surface area contributed by atoms with E-state index in [1.165, 1.54) is 18.3 Å². The topological polar surface area (TPSA) is 80.1 Å². The van der Waals surface area contributed by atoms with Gasteiger partial charge < -0.3 is 10.6 Å². The highest BCUT2D eigenvalue weighted by atomic mass is 35.5. The molecule has 108 valence electrons. The first kappa shape index (κ1) is 15.1. The van der Waals surface area contributed by atoms with Crippen LogP contribution in [0.5, 0.6) is 0 Å². The molecule has 0 amide bonds. The largest absolute Gasteiger partial charge is 0.358 e. The van der Waals surface area contributed by atoms with E-state index in [4.69, 9.17) is 23.8 Å². The van der Waals surface area contributed by atoms with E-state index in [9.17, 15) is 10.1 Å². The number of benzene rings is 1. The average molecular weight is 323 g/mol. The van der Waals surface area contributed by atoms with Crippen LogP contribution in [0.4, 0.5) is 11.5 Å². The molecule has 2 aromatic rings. The predicted molar refractivity (Wildman–Crippen MR) is 85.4 cm³/mol. The van der Waals surface area contributed by atoms with Crippen molar-refractivity contribution >= 4 is 40.4 Å². The number of halogens is 1. The van der Waals surface area contributed by atoms with E-state index < -0.39 is 4.92 Å². The zero-order valence-electron chi connectivity index (χ0n) is 10.7. The minimum Gasteiger partial charge on any atom is -0.358 e. The Kier molecular flexibility index (Phi) is 5.02. The lowest BCUT2D eigenvalue weighted by Gasteiger charge is -2.09. The third-order valence-corrected chi connectivity index (χ3v) is 3.06. The molecule has 0 saturated carbocycles. The van der Waals surface area contributed by atoms with Crippen molar-refractivity contribution in [1.82, 2.24) is 10.3 Å². The van der Waals surface area contributed by atoms with Crippen LogP contribution < -0.4 is 10.6 Å². The monoisotopic (exact) mass is 322 g/mol. The molecule has 0 spiro atoms. The molecule has 6 nitrogen and oxygen atoms in total. The van der Waals surface area contributed by atoms with E-state index in [1.54, 1.807) is 12.1 Å². The summed E-state index contributed by atoms with van der Waals surface area (Å²) in [7, 11) is 0. The normalized spacial score (nSPS) is 9.95. The fourth-order valence-electron chi connectivity index (χ4n) is 1.51. The lowest BCUT2D eigenvalue weighted by atomic mass is 10.2. The zero-order valence-corrected chi connectivity index (χ0v) is 12.3. The summed E-state index contributed by atoms with van der Waals surface area (Å²) in [6, 6.07) is 10.2. The second-order valence-corrected chi connectivity index (χ2v) is 4.94. The highest BCUT2D eigenvalue weighted by molar-refractivity contribution is 7.80. The van der Waals surface area contributed by atoms with Gasteiger partial charge in [-0.15, -0.1) is 0 Å². The standard InChI is InChI=1S/C13H11ClN4O2S/c14-10-3-1-9(2-4-10)7-16-13(21)17-12-6-5-11(8-15-12)18(19)20/h1-6,8H,7H2,(H2,15,16,17,21). The summed E-state index contributed by atoms with van der Waals surface area (Å²) in [6.45, 7) is 0.538. The minimum absolute atomic E-state index is 0.0689. The highest BCUT2D eigenvalue weighted by Crippen LogP contribution is 2.12. The van der Waals surface area contributed by atoms with E-state index in [1.807, 2.05) is 12.1 Å². The van der Waals surface area contributed by atoms with Crippen LogP contribution in [-0.4, -0.2) is 15.0 Å². The Morgan fingerprint density at radius 1 is 1.29 bits per heavy atom. The predicted octanol–water partition coefficient (Wildman–Crippen LogP) is 3.13. The first-order valence-corrected chi connectivity index (χ1v) is 6.73. The average Bonchev–Trinajstić information content (AvgIpc) is 2.47. The molecule has 0 bridgehead atoms. The Morgan fingerprint density at radius 3 is 2.57 bits per heavy atom. The number of nitro groups is 1. The second-order valence-electron chi connectivity index (χ2n) is 4.09. The summed E-state index contributed by atoms with van der Waals surface area (Å²) in [5.74, 6) is 0.439. The summed E-state index contributed by atoms with van der Waals surface area (Å²) in [5.41, 5.74) is 0.959. The smallest absolute Gasteiger partial charge is 0.287 e. The molecular weight excluding hydrogens is 312 g/mol. The summed E-state index contributed by atoms with van der Waals surface area (Å²) >= 11 is 10.9. The van der Waals surface area contributed by atoms with Gasteiger partial charge in [0.15, 0.2) is 5.11 Å². The van der Waals surface area contributed by atoms with Crippen molar-refractivity contribution < 1.29 is 4.92 Å². The molecule has 0 aliphatic heterocycles. The number of hydrogen-bond donors (Lipinski definition) is 2. The molecule has 0 radical (unpaired) electrons. The summed E-state index contributed by atoms with van der Waals surface area (Å²) < 4.78 is 0. The maximum Gasteiger partial charge on any atom is 0.287 e. The van der Waals surface area contributed by atoms with Gasteiger partial charge in [-0.05, 0) is 36.0 Å². The van der Waals surface area contributed by atoms with Crippen LogP contribution in [0.25, 0.3) is 0 Å². The van der Waals surface area contributed by atoms with Crippen molar-refractivity contribution in [3.8, 4) is 0 Å². The number of hydrogen-bond acceptors (Lipinski definition) is 4. The Labute approximate surface area is 131 Å². The lowest BCUT2D eigenvalue weighted by molar-refractivity contribution is -0.385. The molecule has 21 heavy (non-hydrogen) atoms. The van der Waals surface area contributed by atoms with Gasteiger partial charge in [-0.25, -0.2) is 4.98 Å². The molecule has 0 aliphatic rings. The van der Waals surface area contributed by atoms with Crippen molar-refractivity contribution in [2.75, 3.05) is 5.32 Å². The molecule has 0 atom stereocenters. The molecule has 0 unspecified atom stereocenters. The van der Waals surface area contributed by atoms with Crippen LogP contribution in [0.15, 0.2) is 42.6 Å². The summed E-state index contributed by atoms with van der Waals surface area (Å²) in [5, 5.41) is 17.4. The van der Waals surface area contributed by atoms with Gasteiger partial charge in [0, 0.05) is 17.6 Å². The SMILES string of the molecule is O=[N+]([O-])c1ccc(NC(=S)NCc2ccc(Cl)cc2)nc1. The number of nitrogens with one attached hydrogen (secondary N) is 2.